The average Bonchev–Trinajstić information content (AvgIpc) is 3.04. The number of carbonyl (C=O) groups excluding carboxylic acids is 4. The summed E-state index contributed by atoms with van der Waals surface area (Å²) in [5.41, 5.74) is 1.47. The molecule has 0 aliphatic carbocycles. The summed E-state index contributed by atoms with van der Waals surface area (Å²) in [6.45, 7) is 6.74. The Bertz CT molecular complexity index is 1440. The largest absolute Gasteiger partial charge is 0.463 e. The van der Waals surface area contributed by atoms with E-state index in [1.807, 2.05) is 66.7 Å². The number of hydrogen-bond acceptors (Lipinski definition) is 6. The van der Waals surface area contributed by atoms with Crippen molar-refractivity contribution in [1.82, 2.24) is 10.6 Å². The molecule has 3 aromatic carbocycles. The fourth-order valence-corrected chi connectivity index (χ4v) is 4.83. The molecule has 45 heavy (non-hydrogen) atoms. The quantitative estimate of drug-likeness (QED) is 0.0868. The summed E-state index contributed by atoms with van der Waals surface area (Å²) in [6.07, 6.45) is 6.07. The van der Waals surface area contributed by atoms with Gasteiger partial charge in [-0.3, -0.25) is 19.2 Å². The molecule has 4 N–H and O–H groups in total. The Morgan fingerprint density at radius 1 is 0.844 bits per heavy atom. The molecule has 9 nitrogen and oxygen atoms in total. The maximum atomic E-state index is 13.4. The molecule has 3 rings (SSSR count). The number of fused-ring (bicyclic) bond motifs is 1. The lowest BCUT2D eigenvalue weighted by atomic mass is 9.98. The van der Waals surface area contributed by atoms with Crippen molar-refractivity contribution in [2.45, 2.75) is 57.0 Å². The first-order valence-corrected chi connectivity index (χ1v) is 15.2. The van der Waals surface area contributed by atoms with Crippen LogP contribution in [-0.2, 0) is 30.3 Å². The second kappa shape index (κ2) is 18.8. The summed E-state index contributed by atoms with van der Waals surface area (Å²) >= 11 is 0. The minimum atomic E-state index is -1.21. The van der Waals surface area contributed by atoms with Crippen LogP contribution in [0.2, 0.25) is 0 Å². The molecule has 0 unspecified atom stereocenters. The van der Waals surface area contributed by atoms with Crippen LogP contribution in [0.4, 0.5) is 5.69 Å². The van der Waals surface area contributed by atoms with Crippen molar-refractivity contribution in [2.75, 3.05) is 18.5 Å². The summed E-state index contributed by atoms with van der Waals surface area (Å²) in [7, 11) is 0. The van der Waals surface area contributed by atoms with Crippen LogP contribution >= 0.6 is 0 Å². The molecule has 0 aliphatic heterocycles. The number of hydrogen-bond donors (Lipinski definition) is 4. The molecule has 0 radical (unpaired) electrons. The van der Waals surface area contributed by atoms with E-state index in [0.717, 1.165) is 29.2 Å². The molecule has 0 bridgehead atoms. The Labute approximate surface area is 264 Å². The Morgan fingerprint density at radius 3 is 2.29 bits per heavy atom. The van der Waals surface area contributed by atoms with Gasteiger partial charge in [-0.1, -0.05) is 72.8 Å². The van der Waals surface area contributed by atoms with E-state index in [-0.39, 0.29) is 32.5 Å². The van der Waals surface area contributed by atoms with Gasteiger partial charge in [-0.25, -0.2) is 0 Å². The lowest BCUT2D eigenvalue weighted by Gasteiger charge is -2.23. The van der Waals surface area contributed by atoms with Crippen LogP contribution in [0.5, 0.6) is 0 Å². The summed E-state index contributed by atoms with van der Waals surface area (Å²) in [5, 5.41) is 20.0. The fraction of sp³-hybridized carbons (Fsp3) is 0.333. The highest BCUT2D eigenvalue weighted by Crippen LogP contribution is 2.19. The second-order valence-electron chi connectivity index (χ2n) is 10.9. The molecular weight excluding hydrogens is 570 g/mol. The van der Waals surface area contributed by atoms with Gasteiger partial charge >= 0.3 is 5.97 Å². The van der Waals surface area contributed by atoms with Gasteiger partial charge in [0.2, 0.25) is 11.8 Å². The number of aliphatic hydroxyl groups is 1. The van der Waals surface area contributed by atoms with Crippen LogP contribution in [0.3, 0.4) is 0 Å². The van der Waals surface area contributed by atoms with E-state index < -0.39 is 41.7 Å². The molecule has 3 atom stereocenters. The smallest absolute Gasteiger partial charge is 0.305 e. The van der Waals surface area contributed by atoms with E-state index in [4.69, 9.17) is 4.74 Å². The van der Waals surface area contributed by atoms with Gasteiger partial charge < -0.3 is 25.8 Å². The van der Waals surface area contributed by atoms with E-state index in [1.54, 1.807) is 12.1 Å². The topological polar surface area (TPSA) is 134 Å². The SMILES string of the molecule is C=CCCCCC(=O)OC[C@H](NC(=O)[C@@H](CC=C)CC(=O)N[C@@H](CO)Cc1ccccc1)C(=O)Nc1ccc2ccccc2c1. The third-order valence-corrected chi connectivity index (χ3v) is 7.26. The third-order valence-electron chi connectivity index (χ3n) is 7.26. The lowest BCUT2D eigenvalue weighted by Crippen LogP contribution is -2.49. The summed E-state index contributed by atoms with van der Waals surface area (Å²) in [5.74, 6) is -2.87. The monoisotopic (exact) mass is 613 g/mol. The number of unbranched alkanes of at least 4 members (excludes halogenated alkanes) is 2. The normalized spacial score (nSPS) is 12.7. The van der Waals surface area contributed by atoms with Gasteiger partial charge in [-0.15, -0.1) is 13.2 Å². The maximum Gasteiger partial charge on any atom is 0.305 e. The van der Waals surface area contributed by atoms with Gasteiger partial charge in [-0.2, -0.15) is 0 Å². The first-order valence-electron chi connectivity index (χ1n) is 15.2. The van der Waals surface area contributed by atoms with Gasteiger partial charge in [0.25, 0.3) is 5.91 Å². The molecule has 0 spiro atoms. The summed E-state index contributed by atoms with van der Waals surface area (Å²) in [6, 6.07) is 20.8. The van der Waals surface area contributed by atoms with Crippen molar-refractivity contribution in [3.05, 3.63) is 104 Å². The Kier molecular flexibility index (Phi) is 14.5. The number of ether oxygens (including phenoxy) is 1. The van der Waals surface area contributed by atoms with Crippen molar-refractivity contribution < 1.29 is 29.0 Å². The zero-order chi connectivity index (χ0) is 32.4. The number of amides is 3. The number of benzene rings is 3. The van der Waals surface area contributed by atoms with Gasteiger partial charge in [0.05, 0.1) is 18.6 Å². The minimum absolute atomic E-state index is 0.170. The predicted molar refractivity (Wildman–Crippen MR) is 176 cm³/mol. The van der Waals surface area contributed by atoms with Gasteiger partial charge in [0, 0.05) is 18.5 Å². The first kappa shape index (κ1) is 34.7. The maximum absolute atomic E-state index is 13.4. The highest BCUT2D eigenvalue weighted by molar-refractivity contribution is 5.99. The molecule has 9 heteroatoms. The Morgan fingerprint density at radius 2 is 1.58 bits per heavy atom. The van der Waals surface area contributed by atoms with E-state index in [0.29, 0.717) is 18.5 Å². The number of allylic oxidation sites excluding steroid dienone is 2. The van der Waals surface area contributed by atoms with Crippen molar-refractivity contribution in [2.24, 2.45) is 5.92 Å². The lowest BCUT2D eigenvalue weighted by molar-refractivity contribution is -0.146. The van der Waals surface area contributed by atoms with Crippen LogP contribution in [0.25, 0.3) is 10.8 Å². The standard InChI is InChI=1S/C36H43N3O6/c1-3-5-6-10-18-34(42)45-25-32(36(44)38-30-20-19-27-16-11-12-17-28(27)22-30)39-35(43)29(13-4-2)23-33(41)37-31(24-40)21-26-14-8-7-9-15-26/h3-4,7-9,11-12,14-17,19-20,22,29,31-32,40H,1-2,5-6,10,13,18,21,23-25H2,(H,37,41)(H,38,44)(H,39,43)/t29-,31+,32-/m0/s1. The van der Waals surface area contributed by atoms with Crippen LogP contribution in [-0.4, -0.2) is 54.1 Å². The highest BCUT2D eigenvalue weighted by Gasteiger charge is 2.28. The molecule has 3 amide bonds. The molecule has 3 aromatic rings. The molecule has 0 heterocycles. The highest BCUT2D eigenvalue weighted by atomic mass is 16.5. The van der Waals surface area contributed by atoms with Crippen LogP contribution in [0.1, 0.15) is 44.1 Å². The van der Waals surface area contributed by atoms with E-state index in [1.165, 1.54) is 6.08 Å². The van der Waals surface area contributed by atoms with Gasteiger partial charge in [0.1, 0.15) is 12.6 Å². The number of rotatable bonds is 19. The number of nitrogens with one attached hydrogen (secondary N) is 3. The van der Waals surface area contributed by atoms with E-state index >= 15 is 0 Å². The molecule has 0 aliphatic rings. The summed E-state index contributed by atoms with van der Waals surface area (Å²) in [4.78, 5) is 52.1. The van der Waals surface area contributed by atoms with Crippen molar-refractivity contribution in [3.63, 3.8) is 0 Å². The van der Waals surface area contributed by atoms with Crippen molar-refractivity contribution in [1.29, 1.82) is 0 Å². The molecule has 0 saturated carbocycles. The van der Waals surface area contributed by atoms with Crippen molar-refractivity contribution >= 4 is 40.2 Å². The molecular formula is C36H43N3O6. The molecule has 0 saturated heterocycles. The summed E-state index contributed by atoms with van der Waals surface area (Å²) < 4.78 is 5.39. The van der Waals surface area contributed by atoms with Crippen LogP contribution in [0, 0.1) is 5.92 Å². The zero-order valence-electron chi connectivity index (χ0n) is 25.6. The minimum Gasteiger partial charge on any atom is -0.463 e. The number of anilines is 1. The second-order valence-corrected chi connectivity index (χ2v) is 10.9. The number of carbonyl (C=O) groups is 4. The molecule has 0 aromatic heterocycles. The molecule has 0 fully saturated rings. The fourth-order valence-electron chi connectivity index (χ4n) is 4.83. The van der Waals surface area contributed by atoms with E-state index in [9.17, 15) is 24.3 Å². The molecule has 238 valence electrons. The van der Waals surface area contributed by atoms with E-state index in [2.05, 4.69) is 29.1 Å². The van der Waals surface area contributed by atoms with Crippen LogP contribution < -0.4 is 16.0 Å². The first-order chi connectivity index (χ1) is 21.8. The predicted octanol–water partition coefficient (Wildman–Crippen LogP) is 4.85. The average molecular weight is 614 g/mol. The number of aliphatic hydroxyl groups excluding tert-OH is 1. The zero-order valence-corrected chi connectivity index (χ0v) is 25.6. The number of esters is 1. The van der Waals surface area contributed by atoms with Crippen molar-refractivity contribution in [3.8, 4) is 0 Å². The Hall–Kier alpha value is -4.76. The van der Waals surface area contributed by atoms with Crippen LogP contribution in [0.15, 0.2) is 98.1 Å². The van der Waals surface area contributed by atoms with Gasteiger partial charge in [0.15, 0.2) is 0 Å². The third kappa shape index (κ3) is 12.0. The Balaban J connectivity index is 1.68. The van der Waals surface area contributed by atoms with Gasteiger partial charge in [-0.05, 0) is 60.6 Å².